The number of amides is 3. The van der Waals surface area contributed by atoms with Crippen LogP contribution in [0.3, 0.4) is 0 Å². The number of nitrogens with one attached hydrogen (secondary N) is 3. The summed E-state index contributed by atoms with van der Waals surface area (Å²) in [4.78, 5) is 42.8. The van der Waals surface area contributed by atoms with Gasteiger partial charge in [-0.3, -0.25) is 14.4 Å². The minimum atomic E-state index is -0.789. The van der Waals surface area contributed by atoms with Crippen LogP contribution in [0.4, 0.5) is 0 Å². The summed E-state index contributed by atoms with van der Waals surface area (Å²) in [5.41, 5.74) is 7.37. The van der Waals surface area contributed by atoms with Gasteiger partial charge >= 0.3 is 0 Å². The lowest BCUT2D eigenvalue weighted by atomic mass is 9.76. The number of aryl methyl sites for hydroxylation is 1. The number of nitrogens with zero attached hydrogens (tertiary/aromatic N) is 2. The predicted octanol–water partition coefficient (Wildman–Crippen LogP) is 4.64. The van der Waals surface area contributed by atoms with E-state index >= 15 is 0 Å². The molecular formula is C36H60N6O3. The van der Waals surface area contributed by atoms with Crippen molar-refractivity contribution in [2.24, 2.45) is 24.1 Å². The second-order valence-electron chi connectivity index (χ2n) is 14.7. The summed E-state index contributed by atoms with van der Waals surface area (Å²) >= 11 is 0. The number of aromatic nitrogens is 1. The molecule has 0 fully saturated rings. The van der Waals surface area contributed by atoms with Gasteiger partial charge in [0.05, 0.1) is 12.1 Å². The Kier molecular flexibility index (Phi) is 13.4. The van der Waals surface area contributed by atoms with E-state index in [1.807, 2.05) is 66.8 Å². The number of carbonyl (C=O) groups excluding carboxylic acids is 3. The third-order valence-electron chi connectivity index (χ3n) is 8.89. The summed E-state index contributed by atoms with van der Waals surface area (Å²) in [6.07, 6.45) is 6.70. The second kappa shape index (κ2) is 15.9. The molecule has 252 valence electrons. The molecule has 0 saturated carbocycles. The zero-order valence-electron chi connectivity index (χ0n) is 29.9. The van der Waals surface area contributed by atoms with Gasteiger partial charge in [-0.25, -0.2) is 0 Å². The number of rotatable bonds is 15. The number of nitrogens with two attached hydrogens (primary N) is 1. The molecule has 0 aliphatic carbocycles. The van der Waals surface area contributed by atoms with Gasteiger partial charge in [-0.2, -0.15) is 0 Å². The molecule has 9 heteroatoms. The molecule has 2 rings (SSSR count). The lowest BCUT2D eigenvalue weighted by molar-refractivity contribution is -0.140. The first-order valence-electron chi connectivity index (χ1n) is 16.4. The highest BCUT2D eigenvalue weighted by Gasteiger charge is 2.42. The maximum atomic E-state index is 14.2. The van der Waals surface area contributed by atoms with Gasteiger partial charge in [0.1, 0.15) is 6.04 Å². The van der Waals surface area contributed by atoms with Gasteiger partial charge in [0.2, 0.25) is 17.7 Å². The minimum absolute atomic E-state index is 0.0411. The highest BCUT2D eigenvalue weighted by Crippen LogP contribution is 2.35. The quantitative estimate of drug-likeness (QED) is 0.170. The van der Waals surface area contributed by atoms with Crippen molar-refractivity contribution in [2.45, 2.75) is 111 Å². The van der Waals surface area contributed by atoms with E-state index in [0.29, 0.717) is 12.1 Å². The first kappa shape index (κ1) is 38.0. The van der Waals surface area contributed by atoms with E-state index in [4.69, 9.17) is 5.73 Å². The fourth-order valence-electron chi connectivity index (χ4n) is 6.07. The monoisotopic (exact) mass is 624 g/mol. The number of carbonyl (C=O) groups is 3. The standard InChI is InChI=1S/C36H60N6O3/c1-23(2)29(21-24(3)32(43)39-20-16-15-17-25(4)37)42(12)34(45)31(35(5,6)7)40-33(44)30(38-10)36(8,9)27-22-41(11)28-19-14-13-18-26(27)28/h13-14,18-19,21-23,25,29-31,38H,15-17,20,37H2,1-12H3,(H,39,43)(H,40,44)/b24-21+/t25-,29+,30+,31+/m0/s1. The van der Waals surface area contributed by atoms with Gasteiger partial charge in [-0.15, -0.1) is 0 Å². The van der Waals surface area contributed by atoms with Crippen molar-refractivity contribution in [3.05, 3.63) is 47.7 Å². The molecule has 1 aromatic heterocycles. The molecule has 0 saturated heterocycles. The molecule has 1 heterocycles. The Hall–Kier alpha value is -3.17. The molecule has 5 N–H and O–H groups in total. The van der Waals surface area contributed by atoms with Crippen molar-refractivity contribution in [3.63, 3.8) is 0 Å². The second-order valence-corrected chi connectivity index (χ2v) is 14.7. The molecule has 0 spiro atoms. The lowest BCUT2D eigenvalue weighted by Crippen LogP contribution is -2.61. The van der Waals surface area contributed by atoms with E-state index in [9.17, 15) is 14.4 Å². The van der Waals surface area contributed by atoms with E-state index < -0.39 is 22.9 Å². The number of hydrogen-bond donors (Lipinski definition) is 4. The summed E-state index contributed by atoms with van der Waals surface area (Å²) in [5.74, 6) is -0.545. The van der Waals surface area contributed by atoms with E-state index in [1.165, 1.54) is 0 Å². The van der Waals surface area contributed by atoms with Crippen molar-refractivity contribution < 1.29 is 14.4 Å². The summed E-state index contributed by atoms with van der Waals surface area (Å²) in [6, 6.07) is 6.60. The summed E-state index contributed by atoms with van der Waals surface area (Å²) in [6.45, 7) is 18.4. The van der Waals surface area contributed by atoms with Crippen LogP contribution in [0.25, 0.3) is 10.9 Å². The Balaban J connectivity index is 2.29. The minimum Gasteiger partial charge on any atom is -0.352 e. The zero-order chi connectivity index (χ0) is 34.3. The van der Waals surface area contributed by atoms with Crippen molar-refractivity contribution in [1.82, 2.24) is 25.4 Å². The molecule has 1 aromatic carbocycles. The van der Waals surface area contributed by atoms with Gasteiger partial charge < -0.3 is 31.2 Å². The summed E-state index contributed by atoms with van der Waals surface area (Å²) in [5, 5.41) is 10.4. The first-order valence-corrected chi connectivity index (χ1v) is 16.4. The van der Waals surface area contributed by atoms with E-state index in [2.05, 4.69) is 52.7 Å². The number of fused-ring (bicyclic) bond motifs is 1. The smallest absolute Gasteiger partial charge is 0.246 e. The number of para-hydroxylation sites is 1. The highest BCUT2D eigenvalue weighted by atomic mass is 16.2. The molecule has 0 aliphatic rings. The Bertz CT molecular complexity index is 1330. The van der Waals surface area contributed by atoms with Gasteiger partial charge in [-0.05, 0) is 56.7 Å². The van der Waals surface area contributed by atoms with Crippen molar-refractivity contribution in [2.75, 3.05) is 20.6 Å². The molecule has 45 heavy (non-hydrogen) atoms. The first-order chi connectivity index (χ1) is 20.8. The zero-order valence-corrected chi connectivity index (χ0v) is 29.9. The molecule has 0 unspecified atom stereocenters. The van der Waals surface area contributed by atoms with Crippen LogP contribution in [0.15, 0.2) is 42.1 Å². The third-order valence-corrected chi connectivity index (χ3v) is 8.89. The average molecular weight is 625 g/mol. The maximum Gasteiger partial charge on any atom is 0.246 e. The van der Waals surface area contributed by atoms with Crippen molar-refractivity contribution in [1.29, 1.82) is 0 Å². The van der Waals surface area contributed by atoms with E-state index in [1.54, 1.807) is 25.9 Å². The van der Waals surface area contributed by atoms with Crippen LogP contribution in [0, 0.1) is 11.3 Å². The molecule has 2 aromatic rings. The van der Waals surface area contributed by atoms with Crippen LogP contribution in [-0.4, -0.2) is 72.0 Å². The molecular weight excluding hydrogens is 564 g/mol. The van der Waals surface area contributed by atoms with Gasteiger partial charge in [0, 0.05) is 54.8 Å². The van der Waals surface area contributed by atoms with Crippen molar-refractivity contribution in [3.8, 4) is 0 Å². The molecule has 3 amide bonds. The topological polar surface area (TPSA) is 121 Å². The van der Waals surface area contributed by atoms with Crippen LogP contribution >= 0.6 is 0 Å². The van der Waals surface area contributed by atoms with Crippen LogP contribution in [0.5, 0.6) is 0 Å². The normalized spacial score (nSPS) is 15.5. The average Bonchev–Trinajstić information content (AvgIpc) is 3.30. The van der Waals surface area contributed by atoms with E-state index in [0.717, 1.165) is 35.7 Å². The highest BCUT2D eigenvalue weighted by molar-refractivity contribution is 5.94. The largest absolute Gasteiger partial charge is 0.352 e. The Morgan fingerprint density at radius 3 is 2.20 bits per heavy atom. The molecule has 0 aliphatic heterocycles. The van der Waals surface area contributed by atoms with Crippen LogP contribution in [0.1, 0.15) is 87.1 Å². The molecule has 4 atom stereocenters. The fourth-order valence-corrected chi connectivity index (χ4v) is 6.07. The maximum absolute atomic E-state index is 14.2. The SMILES string of the molecule is CN[C@H](C(=O)N[C@H](C(=O)N(C)[C@H](/C=C(\C)C(=O)NCCCC[C@H](C)N)C(C)C)C(C)(C)C)C(C)(C)c1cn(C)c2ccccc12. The number of benzene rings is 1. The summed E-state index contributed by atoms with van der Waals surface area (Å²) < 4.78 is 2.08. The lowest BCUT2D eigenvalue weighted by Gasteiger charge is -2.39. The molecule has 0 bridgehead atoms. The van der Waals surface area contributed by atoms with E-state index in [-0.39, 0.29) is 35.7 Å². The van der Waals surface area contributed by atoms with Crippen LogP contribution < -0.4 is 21.7 Å². The number of likely N-dealkylation sites (N-methyl/N-ethyl adjacent to an activating group) is 2. The van der Waals surface area contributed by atoms with Crippen LogP contribution in [0.2, 0.25) is 0 Å². The Morgan fingerprint density at radius 1 is 1.02 bits per heavy atom. The fraction of sp³-hybridized carbons (Fsp3) is 0.639. The molecule has 9 nitrogen and oxygen atoms in total. The predicted molar refractivity (Wildman–Crippen MR) is 186 cm³/mol. The van der Waals surface area contributed by atoms with Gasteiger partial charge in [-0.1, -0.05) is 79.2 Å². The van der Waals surface area contributed by atoms with Crippen molar-refractivity contribution >= 4 is 28.6 Å². The number of unbranched alkanes of at least 4 members (excludes halogenated alkanes) is 1. The summed E-state index contributed by atoms with van der Waals surface area (Å²) in [7, 11) is 5.54. The molecule has 0 radical (unpaired) electrons. The van der Waals surface area contributed by atoms with Crippen LogP contribution in [-0.2, 0) is 26.8 Å². The Morgan fingerprint density at radius 2 is 1.64 bits per heavy atom. The van der Waals surface area contributed by atoms with Gasteiger partial charge in [0.15, 0.2) is 0 Å². The number of hydrogen-bond acceptors (Lipinski definition) is 5. The Labute approximate surface area is 271 Å². The van der Waals surface area contributed by atoms with Gasteiger partial charge in [0.25, 0.3) is 0 Å². The third kappa shape index (κ3) is 9.66.